The monoisotopic (exact) mass is 558 g/mol. The molecule has 2 unspecified atom stereocenters. The van der Waals surface area contributed by atoms with E-state index in [9.17, 15) is 23.6 Å². The Kier molecular flexibility index (Phi) is 8.39. The number of halogens is 1. The summed E-state index contributed by atoms with van der Waals surface area (Å²) < 4.78 is 20.0. The maximum atomic E-state index is 14.4. The molecule has 0 bridgehead atoms. The van der Waals surface area contributed by atoms with Gasteiger partial charge in [0, 0.05) is 18.7 Å². The summed E-state index contributed by atoms with van der Waals surface area (Å²) in [6, 6.07) is 3.90. The summed E-state index contributed by atoms with van der Waals surface area (Å²) in [7, 11) is 0. The second kappa shape index (κ2) is 11.4. The van der Waals surface area contributed by atoms with Crippen molar-refractivity contribution in [3.8, 4) is 16.2 Å². The van der Waals surface area contributed by atoms with E-state index in [1.165, 1.54) is 16.2 Å². The highest BCUT2D eigenvalue weighted by Crippen LogP contribution is 2.40. The van der Waals surface area contributed by atoms with Gasteiger partial charge < -0.3 is 20.3 Å². The van der Waals surface area contributed by atoms with Crippen LogP contribution in [0, 0.1) is 12.3 Å². The number of likely N-dealkylation sites (tertiary alicyclic amines) is 1. The third-order valence-corrected chi connectivity index (χ3v) is 8.14. The topological polar surface area (TPSA) is 118 Å². The number of aldehydes is 1. The maximum Gasteiger partial charge on any atom is 0.258 e. The van der Waals surface area contributed by atoms with Crippen LogP contribution in [0.4, 0.5) is 4.39 Å². The fourth-order valence-corrected chi connectivity index (χ4v) is 5.50. The largest absolute Gasteiger partial charge is 0.486 e. The normalized spacial score (nSPS) is 18.8. The predicted molar refractivity (Wildman–Crippen MR) is 145 cm³/mol. The van der Waals surface area contributed by atoms with Crippen molar-refractivity contribution < 1.29 is 28.3 Å². The zero-order valence-corrected chi connectivity index (χ0v) is 23.5. The van der Waals surface area contributed by atoms with Crippen molar-refractivity contribution in [2.75, 3.05) is 13.2 Å². The van der Waals surface area contributed by atoms with Gasteiger partial charge >= 0.3 is 0 Å². The van der Waals surface area contributed by atoms with Gasteiger partial charge in [-0.15, -0.1) is 11.3 Å². The van der Waals surface area contributed by atoms with Crippen LogP contribution in [0.25, 0.3) is 10.4 Å². The first-order valence-corrected chi connectivity index (χ1v) is 14.0. The molecule has 2 atom stereocenters. The van der Waals surface area contributed by atoms with E-state index in [-0.39, 0.29) is 31.9 Å². The van der Waals surface area contributed by atoms with E-state index in [1.807, 2.05) is 25.1 Å². The molecule has 1 aromatic carbocycles. The number of nitrogens with zero attached hydrogens (tertiary/aromatic N) is 2. The number of amides is 3. The Morgan fingerprint density at radius 3 is 2.67 bits per heavy atom. The highest BCUT2D eigenvalue weighted by molar-refractivity contribution is 7.13. The zero-order valence-electron chi connectivity index (χ0n) is 22.7. The smallest absolute Gasteiger partial charge is 0.258 e. The van der Waals surface area contributed by atoms with Gasteiger partial charge in [-0.1, -0.05) is 32.9 Å². The number of hydrogen-bond acceptors (Lipinski definition) is 7. The van der Waals surface area contributed by atoms with Crippen LogP contribution in [0.3, 0.4) is 0 Å². The number of nitrogens with one attached hydrogen (secondary N) is 2. The summed E-state index contributed by atoms with van der Waals surface area (Å²) in [5, 5.41) is 5.52. The number of hydrogen-bond donors (Lipinski definition) is 2. The summed E-state index contributed by atoms with van der Waals surface area (Å²) in [4.78, 5) is 57.0. The number of rotatable bonds is 10. The molecule has 2 aliphatic rings. The SMILES string of the molecule is Cc1ncsc1-c1ccc(CNC(=O)C2CCCN2C(=O)C(NC(=O)C2(F)CC2)C(C)(C)C)c(OCC=O)c1. The number of aromatic nitrogens is 1. The number of carbonyl (C=O) groups is 4. The van der Waals surface area contributed by atoms with E-state index >= 15 is 0 Å². The first-order valence-electron chi connectivity index (χ1n) is 13.1. The van der Waals surface area contributed by atoms with Crippen LogP contribution < -0.4 is 15.4 Å². The molecule has 1 saturated carbocycles. The minimum Gasteiger partial charge on any atom is -0.486 e. The van der Waals surface area contributed by atoms with Crippen LogP contribution in [0.15, 0.2) is 23.7 Å². The molecule has 2 fully saturated rings. The third kappa shape index (κ3) is 6.46. The van der Waals surface area contributed by atoms with Gasteiger partial charge in [-0.2, -0.15) is 0 Å². The summed E-state index contributed by atoms with van der Waals surface area (Å²) in [5.41, 5.74) is 1.65. The molecule has 0 spiro atoms. The Morgan fingerprint density at radius 1 is 1.31 bits per heavy atom. The van der Waals surface area contributed by atoms with Crippen molar-refractivity contribution in [3.05, 3.63) is 35.0 Å². The summed E-state index contributed by atoms with van der Waals surface area (Å²) in [5.74, 6) is -1.01. The van der Waals surface area contributed by atoms with E-state index < -0.39 is 35.0 Å². The summed E-state index contributed by atoms with van der Waals surface area (Å²) >= 11 is 1.50. The minimum atomic E-state index is -1.90. The number of carbonyl (C=O) groups excluding carboxylic acids is 4. The molecule has 1 aromatic heterocycles. The van der Waals surface area contributed by atoms with Crippen LogP contribution >= 0.6 is 11.3 Å². The lowest BCUT2D eigenvalue weighted by atomic mass is 9.85. The highest BCUT2D eigenvalue weighted by Gasteiger charge is 2.53. The van der Waals surface area contributed by atoms with Gasteiger partial charge in [0.1, 0.15) is 24.4 Å². The Labute approximate surface area is 231 Å². The van der Waals surface area contributed by atoms with E-state index in [4.69, 9.17) is 4.74 Å². The lowest BCUT2D eigenvalue weighted by Crippen LogP contribution is -2.58. The maximum absolute atomic E-state index is 14.4. The van der Waals surface area contributed by atoms with Crippen molar-refractivity contribution in [2.45, 2.75) is 77.7 Å². The van der Waals surface area contributed by atoms with E-state index in [0.717, 1.165) is 16.1 Å². The fourth-order valence-electron chi connectivity index (χ4n) is 4.69. The number of thiazole rings is 1. The van der Waals surface area contributed by atoms with Crippen LogP contribution in [-0.2, 0) is 25.7 Å². The van der Waals surface area contributed by atoms with Gasteiger partial charge in [0.05, 0.1) is 16.1 Å². The number of benzene rings is 1. The van der Waals surface area contributed by atoms with Crippen LogP contribution in [0.2, 0.25) is 0 Å². The molecule has 1 saturated heterocycles. The molecular formula is C28H35FN4O5S. The quantitative estimate of drug-likeness (QED) is 0.432. The van der Waals surface area contributed by atoms with Crippen LogP contribution in [0.5, 0.6) is 5.75 Å². The second-order valence-corrected chi connectivity index (χ2v) is 12.1. The summed E-state index contributed by atoms with van der Waals surface area (Å²) in [6.45, 7) is 7.70. The molecule has 2 N–H and O–H groups in total. The van der Waals surface area contributed by atoms with E-state index in [1.54, 1.807) is 26.3 Å². The first-order chi connectivity index (χ1) is 18.4. The van der Waals surface area contributed by atoms with Gasteiger partial charge in [-0.05, 0) is 49.7 Å². The Morgan fingerprint density at radius 2 is 2.05 bits per heavy atom. The average molecular weight is 559 g/mol. The third-order valence-electron chi connectivity index (χ3n) is 7.16. The number of ether oxygens (including phenoxy) is 1. The molecule has 1 aliphatic heterocycles. The van der Waals surface area contributed by atoms with Crippen molar-refractivity contribution in [2.24, 2.45) is 5.41 Å². The molecule has 4 rings (SSSR count). The van der Waals surface area contributed by atoms with Gasteiger partial charge in [0.2, 0.25) is 11.8 Å². The molecule has 210 valence electrons. The molecule has 2 heterocycles. The predicted octanol–water partition coefficient (Wildman–Crippen LogP) is 3.34. The molecule has 0 radical (unpaired) electrons. The Balaban J connectivity index is 1.46. The Bertz CT molecular complexity index is 1250. The number of aryl methyl sites for hydroxylation is 1. The lowest BCUT2D eigenvalue weighted by molar-refractivity contribution is -0.144. The van der Waals surface area contributed by atoms with Crippen LogP contribution in [0.1, 0.15) is 57.7 Å². The Hall–Kier alpha value is -3.34. The second-order valence-electron chi connectivity index (χ2n) is 11.2. The minimum absolute atomic E-state index is 0.128. The zero-order chi connectivity index (χ0) is 28.4. The van der Waals surface area contributed by atoms with E-state index in [2.05, 4.69) is 15.6 Å². The van der Waals surface area contributed by atoms with Crippen molar-refractivity contribution in [1.82, 2.24) is 20.5 Å². The van der Waals surface area contributed by atoms with Crippen LogP contribution in [-0.4, -0.2) is 64.8 Å². The van der Waals surface area contributed by atoms with Gasteiger partial charge in [-0.3, -0.25) is 19.2 Å². The van der Waals surface area contributed by atoms with Gasteiger partial charge in [0.25, 0.3) is 5.91 Å². The summed E-state index contributed by atoms with van der Waals surface area (Å²) in [6.07, 6.45) is 2.09. The highest BCUT2D eigenvalue weighted by atomic mass is 32.1. The fraction of sp³-hybridized carbons (Fsp3) is 0.536. The van der Waals surface area contributed by atoms with E-state index in [0.29, 0.717) is 37.0 Å². The molecule has 2 aromatic rings. The molecule has 9 nitrogen and oxygen atoms in total. The standard InChI is InChI=1S/C28H35FN4O5S/c1-17-22(39-16-31-17)18-7-8-19(21(14-18)38-13-12-34)15-30-24(35)20-6-5-11-33(20)25(36)23(27(2,3)4)32-26(37)28(29)9-10-28/h7-8,12,14,16,20,23H,5-6,9-11,13,15H2,1-4H3,(H,30,35)(H,32,37). The van der Waals surface area contributed by atoms with Crippen molar-refractivity contribution in [1.29, 1.82) is 0 Å². The molecule has 1 aliphatic carbocycles. The van der Waals surface area contributed by atoms with Crippen molar-refractivity contribution in [3.63, 3.8) is 0 Å². The van der Waals surface area contributed by atoms with Gasteiger partial charge in [0.15, 0.2) is 12.0 Å². The first kappa shape index (κ1) is 28.7. The molecule has 39 heavy (non-hydrogen) atoms. The molecular weight excluding hydrogens is 523 g/mol. The van der Waals surface area contributed by atoms with Crippen molar-refractivity contribution >= 4 is 35.3 Å². The van der Waals surface area contributed by atoms with Gasteiger partial charge in [-0.25, -0.2) is 9.37 Å². The lowest BCUT2D eigenvalue weighted by Gasteiger charge is -2.35. The molecule has 11 heteroatoms. The number of alkyl halides is 1. The average Bonchev–Trinajstić information content (AvgIpc) is 3.27. The molecule has 3 amide bonds.